The fourth-order valence-corrected chi connectivity index (χ4v) is 3.16. The minimum absolute atomic E-state index is 0.259. The number of carboxylic acids is 1. The molecule has 1 unspecified atom stereocenters. The van der Waals surface area contributed by atoms with Crippen LogP contribution >= 0.6 is 0 Å². The summed E-state index contributed by atoms with van der Waals surface area (Å²) in [4.78, 5) is 27.5. The molecule has 0 saturated carbocycles. The monoisotopic (exact) mass is 299 g/mol. The van der Waals surface area contributed by atoms with Crippen molar-refractivity contribution < 1.29 is 19.4 Å². The summed E-state index contributed by atoms with van der Waals surface area (Å²) < 4.78 is 5.27. The maximum atomic E-state index is 12.3. The van der Waals surface area contributed by atoms with Crippen molar-refractivity contribution in [1.29, 1.82) is 0 Å². The second kappa shape index (κ2) is 7.09. The third kappa shape index (κ3) is 3.47. The van der Waals surface area contributed by atoms with Gasteiger partial charge in [-0.1, -0.05) is 6.92 Å². The van der Waals surface area contributed by atoms with E-state index in [4.69, 9.17) is 4.74 Å². The number of aliphatic carboxylic acids is 1. The van der Waals surface area contributed by atoms with E-state index in [9.17, 15) is 14.7 Å². The third-order valence-electron chi connectivity index (χ3n) is 4.52. The number of hydrogen-bond donors (Lipinski definition) is 2. The molecule has 0 aromatic rings. The number of rotatable bonds is 5. The zero-order valence-electron chi connectivity index (χ0n) is 12.6. The number of hydrogen-bond acceptors (Lipinski definition) is 4. The molecule has 2 amide bonds. The molecule has 0 aromatic heterocycles. The molecular formula is C14H25N3O4. The molecule has 0 aromatic carbocycles. The Kier molecular flexibility index (Phi) is 5.41. The lowest BCUT2D eigenvalue weighted by atomic mass is 9.93. The van der Waals surface area contributed by atoms with E-state index in [2.05, 4.69) is 10.2 Å². The summed E-state index contributed by atoms with van der Waals surface area (Å²) in [5.74, 6) is -0.897. The Hall–Kier alpha value is -1.34. The Morgan fingerprint density at radius 3 is 2.62 bits per heavy atom. The van der Waals surface area contributed by atoms with E-state index in [1.54, 1.807) is 0 Å². The van der Waals surface area contributed by atoms with Crippen LogP contribution in [0.2, 0.25) is 0 Å². The predicted octanol–water partition coefficient (Wildman–Crippen LogP) is 0.357. The predicted molar refractivity (Wildman–Crippen MR) is 77.3 cm³/mol. The molecule has 2 saturated heterocycles. The second-order valence-corrected chi connectivity index (χ2v) is 5.63. The van der Waals surface area contributed by atoms with Gasteiger partial charge in [-0.25, -0.2) is 9.59 Å². The minimum Gasteiger partial charge on any atom is -0.479 e. The smallest absolute Gasteiger partial charge is 0.329 e. The number of likely N-dealkylation sites (tertiary alicyclic amines) is 1. The van der Waals surface area contributed by atoms with Gasteiger partial charge in [0.15, 0.2) is 0 Å². The lowest BCUT2D eigenvalue weighted by Crippen LogP contribution is -2.56. The fraction of sp³-hybridized carbons (Fsp3) is 0.857. The zero-order chi connectivity index (χ0) is 15.3. The molecule has 2 rings (SSSR count). The van der Waals surface area contributed by atoms with Crippen molar-refractivity contribution in [3.63, 3.8) is 0 Å². The number of carbonyl (C=O) groups excluding carboxylic acids is 1. The van der Waals surface area contributed by atoms with E-state index in [-0.39, 0.29) is 6.03 Å². The average Bonchev–Trinajstić information content (AvgIpc) is 2.93. The number of urea groups is 1. The van der Waals surface area contributed by atoms with Gasteiger partial charge in [-0.3, -0.25) is 4.90 Å². The van der Waals surface area contributed by atoms with Gasteiger partial charge < -0.3 is 20.1 Å². The molecule has 7 nitrogen and oxygen atoms in total. The quantitative estimate of drug-likeness (QED) is 0.766. The minimum atomic E-state index is -1.02. The highest BCUT2D eigenvalue weighted by Crippen LogP contribution is 2.32. The molecule has 0 aliphatic carbocycles. The lowest BCUT2D eigenvalue weighted by molar-refractivity contribution is -0.148. The first-order valence-electron chi connectivity index (χ1n) is 7.69. The van der Waals surface area contributed by atoms with Crippen molar-refractivity contribution >= 4 is 12.0 Å². The van der Waals surface area contributed by atoms with Crippen LogP contribution in [0.25, 0.3) is 0 Å². The number of carboxylic acid groups (broad SMARTS) is 1. The molecule has 2 N–H and O–H groups in total. The van der Waals surface area contributed by atoms with Crippen molar-refractivity contribution in [2.45, 2.75) is 31.7 Å². The SMILES string of the molecule is CCC1(C(=O)O)CCCN1C(=O)NCCN1CCOCC1. The maximum absolute atomic E-state index is 12.3. The number of nitrogens with one attached hydrogen (secondary N) is 1. The Morgan fingerprint density at radius 2 is 2.00 bits per heavy atom. The van der Waals surface area contributed by atoms with Gasteiger partial charge in [-0.05, 0) is 19.3 Å². The highest BCUT2D eigenvalue weighted by atomic mass is 16.5. The topological polar surface area (TPSA) is 82.1 Å². The highest BCUT2D eigenvalue weighted by Gasteiger charge is 2.48. The lowest BCUT2D eigenvalue weighted by Gasteiger charge is -2.34. The maximum Gasteiger partial charge on any atom is 0.329 e. The van der Waals surface area contributed by atoms with E-state index in [1.807, 2.05) is 6.92 Å². The van der Waals surface area contributed by atoms with Crippen LogP contribution < -0.4 is 5.32 Å². The van der Waals surface area contributed by atoms with Crippen molar-refractivity contribution in [2.75, 3.05) is 45.9 Å². The highest BCUT2D eigenvalue weighted by molar-refractivity contribution is 5.87. The number of carbonyl (C=O) groups is 2. The van der Waals surface area contributed by atoms with E-state index in [1.165, 1.54) is 4.90 Å². The molecule has 2 heterocycles. The van der Waals surface area contributed by atoms with Crippen molar-refractivity contribution in [1.82, 2.24) is 15.1 Å². The average molecular weight is 299 g/mol. The molecule has 1 atom stereocenters. The van der Waals surface area contributed by atoms with Gasteiger partial charge in [-0.2, -0.15) is 0 Å². The summed E-state index contributed by atoms with van der Waals surface area (Å²) >= 11 is 0. The summed E-state index contributed by atoms with van der Waals surface area (Å²) in [7, 11) is 0. The Balaban J connectivity index is 1.83. The summed E-state index contributed by atoms with van der Waals surface area (Å²) in [5.41, 5.74) is -1.02. The van der Waals surface area contributed by atoms with Gasteiger partial charge in [0.05, 0.1) is 13.2 Å². The van der Waals surface area contributed by atoms with E-state index in [0.717, 1.165) is 39.3 Å². The Labute approximate surface area is 125 Å². The zero-order valence-corrected chi connectivity index (χ0v) is 12.6. The van der Waals surface area contributed by atoms with Gasteiger partial charge in [0.2, 0.25) is 0 Å². The molecule has 0 spiro atoms. The van der Waals surface area contributed by atoms with E-state index < -0.39 is 11.5 Å². The van der Waals surface area contributed by atoms with Crippen LogP contribution in [0.3, 0.4) is 0 Å². The van der Waals surface area contributed by atoms with Crippen LogP contribution in [-0.4, -0.2) is 78.4 Å². The normalized spacial score (nSPS) is 26.8. The summed E-state index contributed by atoms with van der Waals surface area (Å²) in [5, 5.41) is 12.3. The first-order chi connectivity index (χ1) is 10.1. The molecular weight excluding hydrogens is 274 g/mol. The van der Waals surface area contributed by atoms with Crippen molar-refractivity contribution in [3.8, 4) is 0 Å². The van der Waals surface area contributed by atoms with Gasteiger partial charge in [0.25, 0.3) is 0 Å². The third-order valence-corrected chi connectivity index (χ3v) is 4.52. The van der Waals surface area contributed by atoms with Gasteiger partial charge in [0, 0.05) is 32.7 Å². The molecule has 7 heteroatoms. The van der Waals surface area contributed by atoms with Crippen LogP contribution in [0.15, 0.2) is 0 Å². The van der Waals surface area contributed by atoms with Gasteiger partial charge in [-0.15, -0.1) is 0 Å². The fourth-order valence-electron chi connectivity index (χ4n) is 3.16. The Morgan fingerprint density at radius 1 is 1.29 bits per heavy atom. The van der Waals surface area contributed by atoms with Crippen LogP contribution in [0, 0.1) is 0 Å². The molecule has 2 aliphatic heterocycles. The number of morpholine rings is 1. The molecule has 0 bridgehead atoms. The molecule has 21 heavy (non-hydrogen) atoms. The van der Waals surface area contributed by atoms with Crippen LogP contribution in [0.1, 0.15) is 26.2 Å². The van der Waals surface area contributed by atoms with E-state index >= 15 is 0 Å². The first kappa shape index (κ1) is 16.0. The molecule has 0 radical (unpaired) electrons. The summed E-state index contributed by atoms with van der Waals surface area (Å²) in [6, 6.07) is -0.259. The van der Waals surface area contributed by atoms with Gasteiger partial charge in [0.1, 0.15) is 5.54 Å². The number of ether oxygens (including phenoxy) is 1. The summed E-state index contributed by atoms with van der Waals surface area (Å²) in [6.07, 6.45) is 1.73. The van der Waals surface area contributed by atoms with Crippen molar-refractivity contribution in [3.05, 3.63) is 0 Å². The number of amides is 2. The van der Waals surface area contributed by atoms with Crippen molar-refractivity contribution in [2.24, 2.45) is 0 Å². The van der Waals surface area contributed by atoms with Crippen LogP contribution in [-0.2, 0) is 9.53 Å². The first-order valence-corrected chi connectivity index (χ1v) is 7.69. The molecule has 2 aliphatic rings. The standard InChI is InChI=1S/C14H25N3O4/c1-2-14(12(18)19)4-3-6-17(14)13(20)15-5-7-16-8-10-21-11-9-16/h2-11H2,1H3,(H,15,20)(H,18,19). The Bertz CT molecular complexity index is 384. The van der Waals surface area contributed by atoms with E-state index in [0.29, 0.717) is 25.9 Å². The molecule has 120 valence electrons. The largest absolute Gasteiger partial charge is 0.479 e. The van der Waals surface area contributed by atoms with Crippen LogP contribution in [0.4, 0.5) is 4.79 Å². The van der Waals surface area contributed by atoms with Gasteiger partial charge >= 0.3 is 12.0 Å². The summed E-state index contributed by atoms with van der Waals surface area (Å²) in [6.45, 7) is 6.89. The number of nitrogens with zero attached hydrogens (tertiary/aromatic N) is 2. The molecule has 2 fully saturated rings. The second-order valence-electron chi connectivity index (χ2n) is 5.63. The van der Waals surface area contributed by atoms with Crippen LogP contribution in [0.5, 0.6) is 0 Å².